The van der Waals surface area contributed by atoms with Crippen molar-refractivity contribution in [3.05, 3.63) is 69.8 Å². The van der Waals surface area contributed by atoms with Crippen molar-refractivity contribution < 1.29 is 18.8 Å². The van der Waals surface area contributed by atoms with Crippen molar-refractivity contribution in [2.75, 3.05) is 4.90 Å². The maximum absolute atomic E-state index is 13.1. The number of carbonyl (C=O) groups excluding carboxylic acids is 3. The molecule has 0 spiro atoms. The molecule has 2 aromatic rings. The van der Waals surface area contributed by atoms with Gasteiger partial charge in [-0.1, -0.05) is 47.7 Å². The fourth-order valence-corrected chi connectivity index (χ4v) is 4.62. The smallest absolute Gasteiger partial charge is 0.266 e. The van der Waals surface area contributed by atoms with Crippen molar-refractivity contribution in [2.24, 2.45) is 0 Å². The number of halogens is 2. The van der Waals surface area contributed by atoms with Gasteiger partial charge >= 0.3 is 0 Å². The van der Waals surface area contributed by atoms with Crippen LogP contribution in [0.2, 0.25) is 5.02 Å². The van der Waals surface area contributed by atoms with Gasteiger partial charge in [0.15, 0.2) is 0 Å². The van der Waals surface area contributed by atoms with E-state index in [0.29, 0.717) is 21.2 Å². The van der Waals surface area contributed by atoms with Crippen LogP contribution in [0.15, 0.2) is 53.4 Å². The molecule has 2 fully saturated rings. The predicted molar refractivity (Wildman–Crippen MR) is 114 cm³/mol. The van der Waals surface area contributed by atoms with Gasteiger partial charge in [-0.3, -0.25) is 19.3 Å². The SMILES string of the molecule is O=C1C[C@H](N2C(=O)/C(=C/c3ccc(F)cc3)SC2=S)C(=O)N1c1ccc(Cl)cc1. The van der Waals surface area contributed by atoms with Crippen molar-refractivity contribution in [1.82, 2.24) is 4.90 Å². The van der Waals surface area contributed by atoms with Crippen LogP contribution in [-0.4, -0.2) is 33.0 Å². The predicted octanol–water partition coefficient (Wildman–Crippen LogP) is 4.01. The summed E-state index contributed by atoms with van der Waals surface area (Å²) in [5, 5.41) is 0.479. The molecule has 0 N–H and O–H groups in total. The second kappa shape index (κ2) is 7.70. The minimum Gasteiger partial charge on any atom is -0.280 e. The molecule has 0 aromatic heterocycles. The van der Waals surface area contributed by atoms with Crippen LogP contribution < -0.4 is 4.90 Å². The molecule has 0 saturated carbocycles. The van der Waals surface area contributed by atoms with Crippen LogP contribution >= 0.6 is 35.6 Å². The van der Waals surface area contributed by atoms with E-state index < -0.39 is 23.8 Å². The van der Waals surface area contributed by atoms with E-state index in [1.165, 1.54) is 29.2 Å². The van der Waals surface area contributed by atoms with Crippen LogP contribution in [0, 0.1) is 5.82 Å². The van der Waals surface area contributed by atoms with Crippen LogP contribution in [0.5, 0.6) is 0 Å². The summed E-state index contributed by atoms with van der Waals surface area (Å²) in [6, 6.07) is 10.9. The largest absolute Gasteiger partial charge is 0.280 e. The Bertz CT molecular complexity index is 1070. The van der Waals surface area contributed by atoms with Gasteiger partial charge in [-0.2, -0.15) is 0 Å². The van der Waals surface area contributed by atoms with Gasteiger partial charge in [0.1, 0.15) is 16.2 Å². The van der Waals surface area contributed by atoms with Gasteiger partial charge in [-0.15, -0.1) is 0 Å². The zero-order chi connectivity index (χ0) is 20.7. The molecule has 0 unspecified atom stereocenters. The second-order valence-electron chi connectivity index (χ2n) is 6.37. The molecule has 29 heavy (non-hydrogen) atoms. The van der Waals surface area contributed by atoms with E-state index in [4.69, 9.17) is 23.8 Å². The summed E-state index contributed by atoms with van der Waals surface area (Å²) in [6.07, 6.45) is 1.43. The first-order valence-corrected chi connectivity index (χ1v) is 10.1. The number of thioether (sulfide) groups is 1. The molecule has 0 radical (unpaired) electrons. The Morgan fingerprint density at radius 1 is 1.07 bits per heavy atom. The third-order valence-electron chi connectivity index (χ3n) is 4.51. The summed E-state index contributed by atoms with van der Waals surface area (Å²) >= 11 is 12.2. The lowest BCUT2D eigenvalue weighted by Gasteiger charge is -2.21. The Balaban J connectivity index is 1.59. The summed E-state index contributed by atoms with van der Waals surface area (Å²) in [4.78, 5) is 40.9. The number of hydrogen-bond donors (Lipinski definition) is 0. The lowest BCUT2D eigenvalue weighted by Crippen LogP contribution is -2.44. The first-order valence-electron chi connectivity index (χ1n) is 8.50. The van der Waals surface area contributed by atoms with E-state index in [1.54, 1.807) is 30.3 Å². The fraction of sp³-hybridized carbons (Fsp3) is 0.100. The molecule has 4 rings (SSSR count). The lowest BCUT2D eigenvalue weighted by molar-refractivity contribution is -0.129. The second-order valence-corrected chi connectivity index (χ2v) is 8.48. The van der Waals surface area contributed by atoms with Gasteiger partial charge in [0.2, 0.25) is 5.91 Å². The van der Waals surface area contributed by atoms with Crippen molar-refractivity contribution in [1.29, 1.82) is 0 Å². The average molecular weight is 447 g/mol. The number of benzene rings is 2. The van der Waals surface area contributed by atoms with Crippen LogP contribution in [0.3, 0.4) is 0 Å². The maximum atomic E-state index is 13.1. The lowest BCUT2D eigenvalue weighted by atomic mass is 10.2. The molecule has 2 aliphatic rings. The molecule has 0 bridgehead atoms. The Hall–Kier alpha value is -2.55. The fourth-order valence-electron chi connectivity index (χ4n) is 3.14. The average Bonchev–Trinajstić information content (AvgIpc) is 3.12. The maximum Gasteiger partial charge on any atom is 0.266 e. The highest BCUT2D eigenvalue weighted by Crippen LogP contribution is 2.37. The standard InChI is InChI=1S/C20H12ClFN2O3S2/c21-12-3-7-14(8-4-12)23-17(25)10-15(18(23)26)24-19(27)16(29-20(24)28)9-11-1-5-13(22)6-2-11/h1-9,15H,10H2/b16-9-/t15-/m0/s1. The zero-order valence-corrected chi connectivity index (χ0v) is 17.1. The van der Waals surface area contributed by atoms with Gasteiger partial charge in [-0.25, -0.2) is 9.29 Å². The quantitative estimate of drug-likeness (QED) is 0.405. The highest BCUT2D eigenvalue weighted by atomic mass is 35.5. The third kappa shape index (κ3) is 3.71. The minimum atomic E-state index is -0.996. The Kier molecular flexibility index (Phi) is 5.24. The van der Waals surface area contributed by atoms with E-state index in [9.17, 15) is 18.8 Å². The van der Waals surface area contributed by atoms with Crippen molar-refractivity contribution >= 4 is 69.4 Å². The Morgan fingerprint density at radius 3 is 2.38 bits per heavy atom. The molecule has 3 amide bonds. The Labute approximate surface area is 180 Å². The molecule has 2 aliphatic heterocycles. The third-order valence-corrected chi connectivity index (χ3v) is 6.09. The zero-order valence-electron chi connectivity index (χ0n) is 14.7. The summed E-state index contributed by atoms with van der Waals surface area (Å²) in [7, 11) is 0. The molecule has 9 heteroatoms. The molecule has 5 nitrogen and oxygen atoms in total. The van der Waals surface area contributed by atoms with E-state index in [2.05, 4.69) is 0 Å². The van der Waals surface area contributed by atoms with E-state index in [0.717, 1.165) is 16.7 Å². The summed E-state index contributed by atoms with van der Waals surface area (Å²) < 4.78 is 13.3. The normalized spacial score (nSPS) is 21.0. The van der Waals surface area contributed by atoms with Crippen LogP contribution in [-0.2, 0) is 14.4 Å². The number of carbonyl (C=O) groups is 3. The van der Waals surface area contributed by atoms with E-state index in [1.807, 2.05) is 0 Å². The molecular weight excluding hydrogens is 435 g/mol. The Morgan fingerprint density at radius 2 is 1.72 bits per heavy atom. The number of anilines is 1. The summed E-state index contributed by atoms with van der Waals surface area (Å²) in [6.45, 7) is 0. The molecule has 1 atom stereocenters. The summed E-state index contributed by atoms with van der Waals surface area (Å²) in [5.74, 6) is -1.77. The number of thiocarbonyl (C=S) groups is 1. The van der Waals surface area contributed by atoms with Gasteiger partial charge < -0.3 is 0 Å². The number of rotatable bonds is 3. The monoisotopic (exact) mass is 446 g/mol. The number of hydrogen-bond acceptors (Lipinski definition) is 5. The molecule has 0 aliphatic carbocycles. The van der Waals surface area contributed by atoms with Crippen LogP contribution in [0.25, 0.3) is 6.08 Å². The number of imide groups is 1. The minimum absolute atomic E-state index is 0.155. The summed E-state index contributed by atoms with van der Waals surface area (Å²) in [5.41, 5.74) is 1.02. The van der Waals surface area contributed by atoms with E-state index in [-0.39, 0.29) is 16.6 Å². The first-order chi connectivity index (χ1) is 13.8. The highest BCUT2D eigenvalue weighted by Gasteiger charge is 2.48. The van der Waals surface area contributed by atoms with Gasteiger partial charge in [-0.05, 0) is 48.0 Å². The van der Waals surface area contributed by atoms with Crippen LogP contribution in [0.1, 0.15) is 12.0 Å². The van der Waals surface area contributed by atoms with E-state index >= 15 is 0 Å². The highest BCUT2D eigenvalue weighted by molar-refractivity contribution is 8.26. The number of nitrogens with zero attached hydrogens (tertiary/aromatic N) is 2. The van der Waals surface area contributed by atoms with Crippen molar-refractivity contribution in [2.45, 2.75) is 12.5 Å². The first kappa shape index (κ1) is 19.8. The molecule has 146 valence electrons. The van der Waals surface area contributed by atoms with Gasteiger partial charge in [0.05, 0.1) is 17.0 Å². The van der Waals surface area contributed by atoms with Crippen molar-refractivity contribution in [3.63, 3.8) is 0 Å². The number of amides is 3. The molecule has 2 saturated heterocycles. The van der Waals surface area contributed by atoms with Gasteiger partial charge in [0.25, 0.3) is 11.8 Å². The topological polar surface area (TPSA) is 57.7 Å². The molecule has 2 aromatic carbocycles. The van der Waals surface area contributed by atoms with Crippen molar-refractivity contribution in [3.8, 4) is 0 Å². The van der Waals surface area contributed by atoms with Crippen LogP contribution in [0.4, 0.5) is 10.1 Å². The molecular formula is C20H12ClFN2O3S2. The van der Waals surface area contributed by atoms with Gasteiger partial charge in [0, 0.05) is 5.02 Å². The molecule has 2 heterocycles.